The standard InChI is InChI=1S/C15H22N2O2S/c1-3-5-7-14(6-4-2)17-20(18,19)15-10-8-13(12-16)9-11-15/h8-11,14,17H,3-7H2,1-2H3. The zero-order chi connectivity index (χ0) is 15.0. The maximum atomic E-state index is 12.3. The number of benzene rings is 1. The molecule has 0 saturated carbocycles. The van der Waals surface area contributed by atoms with Crippen LogP contribution in [-0.4, -0.2) is 14.5 Å². The number of unbranched alkanes of at least 4 members (excludes halogenated alkanes) is 1. The van der Waals surface area contributed by atoms with Gasteiger partial charge in [-0.2, -0.15) is 5.26 Å². The van der Waals surface area contributed by atoms with E-state index < -0.39 is 10.0 Å². The minimum absolute atomic E-state index is 0.0133. The summed E-state index contributed by atoms with van der Waals surface area (Å²) in [5.41, 5.74) is 0.458. The molecule has 20 heavy (non-hydrogen) atoms. The molecule has 0 aliphatic rings. The lowest BCUT2D eigenvalue weighted by Crippen LogP contribution is -2.34. The number of sulfonamides is 1. The highest BCUT2D eigenvalue weighted by molar-refractivity contribution is 7.89. The van der Waals surface area contributed by atoms with Gasteiger partial charge in [0.2, 0.25) is 10.0 Å². The van der Waals surface area contributed by atoms with Crippen molar-refractivity contribution in [2.75, 3.05) is 0 Å². The Balaban J connectivity index is 2.82. The van der Waals surface area contributed by atoms with Crippen molar-refractivity contribution in [1.29, 1.82) is 5.26 Å². The predicted octanol–water partition coefficient (Wildman–Crippen LogP) is 3.20. The zero-order valence-corrected chi connectivity index (χ0v) is 12.9. The van der Waals surface area contributed by atoms with E-state index in [2.05, 4.69) is 18.6 Å². The topological polar surface area (TPSA) is 70.0 Å². The van der Waals surface area contributed by atoms with Gasteiger partial charge in [0, 0.05) is 6.04 Å². The van der Waals surface area contributed by atoms with E-state index in [0.717, 1.165) is 32.1 Å². The first-order chi connectivity index (χ1) is 9.53. The summed E-state index contributed by atoms with van der Waals surface area (Å²) < 4.78 is 27.3. The van der Waals surface area contributed by atoms with Crippen LogP contribution in [0.1, 0.15) is 51.5 Å². The Kier molecular flexibility index (Phi) is 6.69. The molecule has 1 atom stereocenters. The third-order valence-corrected chi connectivity index (χ3v) is 4.70. The van der Waals surface area contributed by atoms with Crippen LogP contribution in [0.5, 0.6) is 0 Å². The molecule has 0 heterocycles. The molecule has 0 fully saturated rings. The summed E-state index contributed by atoms with van der Waals surface area (Å²) in [7, 11) is -3.50. The van der Waals surface area contributed by atoms with Gasteiger partial charge in [-0.05, 0) is 37.1 Å². The number of rotatable bonds is 8. The van der Waals surface area contributed by atoms with E-state index in [1.807, 2.05) is 6.07 Å². The minimum atomic E-state index is -3.50. The average Bonchev–Trinajstić information content (AvgIpc) is 2.45. The van der Waals surface area contributed by atoms with Crippen LogP contribution in [0, 0.1) is 11.3 Å². The van der Waals surface area contributed by atoms with E-state index in [4.69, 9.17) is 5.26 Å². The predicted molar refractivity (Wildman–Crippen MR) is 79.7 cm³/mol. The molecule has 0 radical (unpaired) electrons. The number of hydrogen-bond donors (Lipinski definition) is 1. The van der Waals surface area contributed by atoms with Crippen molar-refractivity contribution < 1.29 is 8.42 Å². The first kappa shape index (κ1) is 16.7. The van der Waals surface area contributed by atoms with Gasteiger partial charge in [-0.25, -0.2) is 13.1 Å². The molecule has 4 nitrogen and oxygen atoms in total. The number of nitrogens with one attached hydrogen (secondary N) is 1. The maximum Gasteiger partial charge on any atom is 0.240 e. The van der Waals surface area contributed by atoms with E-state index in [1.54, 1.807) is 0 Å². The molecule has 0 aliphatic heterocycles. The molecule has 0 aliphatic carbocycles. The first-order valence-electron chi connectivity index (χ1n) is 7.06. The molecular weight excluding hydrogens is 272 g/mol. The third-order valence-electron chi connectivity index (χ3n) is 3.16. The van der Waals surface area contributed by atoms with Crippen LogP contribution < -0.4 is 4.72 Å². The molecule has 1 aromatic carbocycles. The molecule has 0 amide bonds. The highest BCUT2D eigenvalue weighted by atomic mass is 32.2. The minimum Gasteiger partial charge on any atom is -0.208 e. The Morgan fingerprint density at radius 3 is 2.30 bits per heavy atom. The summed E-state index contributed by atoms with van der Waals surface area (Å²) in [6.07, 6.45) is 4.72. The van der Waals surface area contributed by atoms with Crippen LogP contribution in [0.25, 0.3) is 0 Å². The van der Waals surface area contributed by atoms with Crippen molar-refractivity contribution >= 4 is 10.0 Å². The van der Waals surface area contributed by atoms with Gasteiger partial charge in [-0.3, -0.25) is 0 Å². The largest absolute Gasteiger partial charge is 0.240 e. The lowest BCUT2D eigenvalue weighted by Gasteiger charge is -2.18. The molecule has 1 unspecified atom stereocenters. The molecule has 0 bridgehead atoms. The van der Waals surface area contributed by atoms with Gasteiger partial charge in [-0.1, -0.05) is 33.1 Å². The molecule has 5 heteroatoms. The number of nitriles is 1. The van der Waals surface area contributed by atoms with E-state index in [1.165, 1.54) is 24.3 Å². The molecular formula is C15H22N2O2S. The number of nitrogens with zero attached hydrogens (tertiary/aromatic N) is 1. The fourth-order valence-corrected chi connectivity index (χ4v) is 3.36. The van der Waals surface area contributed by atoms with Gasteiger partial charge >= 0.3 is 0 Å². The van der Waals surface area contributed by atoms with Crippen LogP contribution in [-0.2, 0) is 10.0 Å². The molecule has 0 aromatic heterocycles. The van der Waals surface area contributed by atoms with Crippen LogP contribution in [0.15, 0.2) is 29.2 Å². The first-order valence-corrected chi connectivity index (χ1v) is 8.54. The SMILES string of the molecule is CCCCC(CCC)NS(=O)(=O)c1ccc(C#N)cc1. The van der Waals surface area contributed by atoms with E-state index in [9.17, 15) is 8.42 Å². The summed E-state index contributed by atoms with van der Waals surface area (Å²) in [5, 5.41) is 8.73. The second-order valence-electron chi connectivity index (χ2n) is 4.89. The second-order valence-corrected chi connectivity index (χ2v) is 6.60. The van der Waals surface area contributed by atoms with Gasteiger partial charge in [0.15, 0.2) is 0 Å². The highest BCUT2D eigenvalue weighted by Crippen LogP contribution is 2.14. The third kappa shape index (κ3) is 4.95. The van der Waals surface area contributed by atoms with Gasteiger partial charge in [0.25, 0.3) is 0 Å². The van der Waals surface area contributed by atoms with E-state index >= 15 is 0 Å². The summed E-state index contributed by atoms with van der Waals surface area (Å²) in [6.45, 7) is 4.15. The van der Waals surface area contributed by atoms with Crippen molar-refractivity contribution in [3.63, 3.8) is 0 Å². The van der Waals surface area contributed by atoms with Crippen molar-refractivity contribution in [3.8, 4) is 6.07 Å². The Morgan fingerprint density at radius 1 is 1.15 bits per heavy atom. The van der Waals surface area contributed by atoms with Gasteiger partial charge < -0.3 is 0 Å². The molecule has 0 spiro atoms. The van der Waals surface area contributed by atoms with Crippen LogP contribution >= 0.6 is 0 Å². The zero-order valence-electron chi connectivity index (χ0n) is 12.1. The lowest BCUT2D eigenvalue weighted by atomic mass is 10.1. The summed E-state index contributed by atoms with van der Waals surface area (Å²) in [5.74, 6) is 0. The number of hydrogen-bond acceptors (Lipinski definition) is 3. The summed E-state index contributed by atoms with van der Waals surface area (Å²) in [4.78, 5) is 0.217. The molecule has 0 saturated heterocycles. The Labute approximate surface area is 121 Å². The quantitative estimate of drug-likeness (QED) is 0.800. The fraction of sp³-hybridized carbons (Fsp3) is 0.533. The van der Waals surface area contributed by atoms with Crippen LogP contribution in [0.2, 0.25) is 0 Å². The van der Waals surface area contributed by atoms with E-state index in [0.29, 0.717) is 5.56 Å². The molecule has 110 valence electrons. The lowest BCUT2D eigenvalue weighted by molar-refractivity contribution is 0.483. The molecule has 1 rings (SSSR count). The van der Waals surface area contributed by atoms with Crippen molar-refractivity contribution in [3.05, 3.63) is 29.8 Å². The normalized spacial score (nSPS) is 12.8. The summed E-state index contributed by atoms with van der Waals surface area (Å²) >= 11 is 0. The van der Waals surface area contributed by atoms with Gasteiger partial charge in [0.1, 0.15) is 0 Å². The fourth-order valence-electron chi connectivity index (χ4n) is 2.06. The maximum absolute atomic E-state index is 12.3. The van der Waals surface area contributed by atoms with Crippen LogP contribution in [0.3, 0.4) is 0 Å². The van der Waals surface area contributed by atoms with Gasteiger partial charge in [-0.15, -0.1) is 0 Å². The van der Waals surface area contributed by atoms with Crippen molar-refractivity contribution in [2.24, 2.45) is 0 Å². The Morgan fingerprint density at radius 2 is 1.80 bits per heavy atom. The van der Waals surface area contributed by atoms with E-state index in [-0.39, 0.29) is 10.9 Å². The highest BCUT2D eigenvalue weighted by Gasteiger charge is 2.19. The second kappa shape index (κ2) is 8.03. The van der Waals surface area contributed by atoms with Crippen molar-refractivity contribution in [1.82, 2.24) is 4.72 Å². The average molecular weight is 294 g/mol. The molecule has 1 N–H and O–H groups in total. The molecule has 1 aromatic rings. The van der Waals surface area contributed by atoms with Crippen molar-refractivity contribution in [2.45, 2.75) is 56.9 Å². The smallest absolute Gasteiger partial charge is 0.208 e. The van der Waals surface area contributed by atoms with Crippen LogP contribution in [0.4, 0.5) is 0 Å². The Hall–Kier alpha value is -1.38. The van der Waals surface area contributed by atoms with Gasteiger partial charge in [0.05, 0.1) is 16.5 Å². The Bertz CT molecular complexity index is 544. The monoisotopic (exact) mass is 294 g/mol. The summed E-state index contributed by atoms with van der Waals surface area (Å²) in [6, 6.07) is 7.96.